The van der Waals surface area contributed by atoms with Crippen LogP contribution in [0.3, 0.4) is 0 Å². The van der Waals surface area contributed by atoms with E-state index in [-0.39, 0.29) is 17.3 Å². The van der Waals surface area contributed by atoms with E-state index in [2.05, 4.69) is 10.3 Å². The number of carbonyl (C=O) groups excluding carboxylic acids is 1. The first-order chi connectivity index (χ1) is 8.60. The Kier molecular flexibility index (Phi) is 3.42. The summed E-state index contributed by atoms with van der Waals surface area (Å²) >= 11 is 1.33. The molecule has 0 bridgehead atoms. The van der Waals surface area contributed by atoms with Crippen LogP contribution in [0.5, 0.6) is 0 Å². The molecule has 0 fully saturated rings. The minimum Gasteiger partial charge on any atom is -0.300 e. The standard InChI is InChI=1S/C11H9N3O3S/c1-18-11-12-9(10(15)13-11)6-7-3-2-4-8(5-7)14(16)17/h2-6H,1H3,(H,12,13,15)/b9-6-. The van der Waals surface area contributed by atoms with E-state index in [4.69, 9.17) is 0 Å². The fourth-order valence-corrected chi connectivity index (χ4v) is 1.81. The van der Waals surface area contributed by atoms with Crippen molar-refractivity contribution in [2.24, 2.45) is 4.99 Å². The van der Waals surface area contributed by atoms with E-state index in [1.165, 1.54) is 30.0 Å². The number of aliphatic imine (C=N–C) groups is 1. The second kappa shape index (κ2) is 5.01. The predicted octanol–water partition coefficient (Wildman–Crippen LogP) is 1.78. The van der Waals surface area contributed by atoms with E-state index in [0.717, 1.165) is 0 Å². The number of carbonyl (C=O) groups is 1. The van der Waals surface area contributed by atoms with Gasteiger partial charge in [0.15, 0.2) is 5.17 Å². The highest BCUT2D eigenvalue weighted by atomic mass is 32.2. The molecule has 0 atom stereocenters. The third kappa shape index (κ3) is 2.57. The average Bonchev–Trinajstić information content (AvgIpc) is 2.70. The molecule has 0 spiro atoms. The van der Waals surface area contributed by atoms with Crippen LogP contribution >= 0.6 is 11.8 Å². The van der Waals surface area contributed by atoms with E-state index < -0.39 is 4.92 Å². The summed E-state index contributed by atoms with van der Waals surface area (Å²) in [4.78, 5) is 25.7. The number of nitro groups is 1. The van der Waals surface area contributed by atoms with Gasteiger partial charge in [-0.2, -0.15) is 0 Å². The van der Waals surface area contributed by atoms with Gasteiger partial charge in [0.1, 0.15) is 5.70 Å². The molecule has 0 radical (unpaired) electrons. The van der Waals surface area contributed by atoms with Crippen LogP contribution in [0.15, 0.2) is 35.0 Å². The predicted molar refractivity (Wildman–Crippen MR) is 70.2 cm³/mol. The molecule has 92 valence electrons. The molecule has 1 aliphatic heterocycles. The number of amidine groups is 1. The summed E-state index contributed by atoms with van der Waals surface area (Å²) in [6, 6.07) is 6.04. The topological polar surface area (TPSA) is 84.6 Å². The van der Waals surface area contributed by atoms with Crippen LogP contribution in [0.1, 0.15) is 5.56 Å². The Labute approximate surface area is 107 Å². The zero-order valence-corrected chi connectivity index (χ0v) is 10.2. The lowest BCUT2D eigenvalue weighted by molar-refractivity contribution is -0.384. The van der Waals surface area contributed by atoms with Gasteiger partial charge in [0.05, 0.1) is 4.92 Å². The lowest BCUT2D eigenvalue weighted by Crippen LogP contribution is -2.21. The van der Waals surface area contributed by atoms with Crippen LogP contribution in [-0.2, 0) is 4.79 Å². The molecule has 0 saturated carbocycles. The van der Waals surface area contributed by atoms with Crippen LogP contribution in [0.25, 0.3) is 6.08 Å². The number of nitrogens with zero attached hydrogens (tertiary/aromatic N) is 2. The Morgan fingerprint density at radius 3 is 2.89 bits per heavy atom. The maximum Gasteiger partial charge on any atom is 0.275 e. The van der Waals surface area contributed by atoms with E-state index in [1.54, 1.807) is 18.4 Å². The molecule has 1 aromatic carbocycles. The van der Waals surface area contributed by atoms with Gasteiger partial charge in [-0.25, -0.2) is 4.99 Å². The highest BCUT2D eigenvalue weighted by Gasteiger charge is 2.19. The Balaban J connectivity index is 2.33. The van der Waals surface area contributed by atoms with Crippen LogP contribution in [-0.4, -0.2) is 22.3 Å². The highest BCUT2D eigenvalue weighted by Crippen LogP contribution is 2.18. The van der Waals surface area contributed by atoms with Crippen molar-refractivity contribution >= 4 is 34.6 Å². The second-order valence-electron chi connectivity index (χ2n) is 3.46. The minimum absolute atomic E-state index is 0.0168. The van der Waals surface area contributed by atoms with E-state index >= 15 is 0 Å². The van der Waals surface area contributed by atoms with Crippen molar-refractivity contribution < 1.29 is 9.72 Å². The van der Waals surface area contributed by atoms with Crippen molar-refractivity contribution in [2.75, 3.05) is 6.26 Å². The van der Waals surface area contributed by atoms with Gasteiger partial charge in [-0.15, -0.1) is 0 Å². The molecular weight excluding hydrogens is 254 g/mol. The highest BCUT2D eigenvalue weighted by molar-refractivity contribution is 8.13. The lowest BCUT2D eigenvalue weighted by Gasteiger charge is -1.95. The number of hydrogen-bond acceptors (Lipinski definition) is 5. The number of non-ortho nitro benzene ring substituents is 1. The minimum atomic E-state index is -0.479. The normalized spacial score (nSPS) is 16.6. The zero-order valence-electron chi connectivity index (χ0n) is 9.41. The summed E-state index contributed by atoms with van der Waals surface area (Å²) < 4.78 is 0. The largest absolute Gasteiger partial charge is 0.300 e. The zero-order chi connectivity index (χ0) is 13.1. The summed E-state index contributed by atoms with van der Waals surface area (Å²) in [6.45, 7) is 0. The van der Waals surface area contributed by atoms with Gasteiger partial charge in [0.25, 0.3) is 11.6 Å². The van der Waals surface area contributed by atoms with Gasteiger partial charge in [-0.1, -0.05) is 23.9 Å². The first-order valence-electron chi connectivity index (χ1n) is 5.00. The fraction of sp³-hybridized carbons (Fsp3) is 0.0909. The molecule has 18 heavy (non-hydrogen) atoms. The molecule has 7 heteroatoms. The van der Waals surface area contributed by atoms with E-state index in [1.807, 2.05) is 0 Å². The van der Waals surface area contributed by atoms with Crippen LogP contribution < -0.4 is 5.32 Å². The number of nitrogens with one attached hydrogen (secondary N) is 1. The van der Waals surface area contributed by atoms with Crippen molar-refractivity contribution in [1.82, 2.24) is 5.32 Å². The summed E-state index contributed by atoms with van der Waals surface area (Å²) in [5.74, 6) is -0.300. The Morgan fingerprint density at radius 1 is 1.50 bits per heavy atom. The molecule has 1 N–H and O–H groups in total. The molecule has 2 rings (SSSR count). The molecule has 0 aromatic heterocycles. The van der Waals surface area contributed by atoms with Gasteiger partial charge < -0.3 is 0 Å². The summed E-state index contributed by atoms with van der Waals surface area (Å²) in [5.41, 5.74) is 0.803. The van der Waals surface area contributed by atoms with Gasteiger partial charge >= 0.3 is 0 Å². The molecule has 1 aromatic rings. The lowest BCUT2D eigenvalue weighted by atomic mass is 10.1. The second-order valence-corrected chi connectivity index (χ2v) is 4.25. The average molecular weight is 263 g/mol. The molecule has 0 saturated heterocycles. The van der Waals surface area contributed by atoms with Crippen molar-refractivity contribution in [1.29, 1.82) is 0 Å². The number of hydrogen-bond donors (Lipinski definition) is 1. The molecule has 6 nitrogen and oxygen atoms in total. The van der Waals surface area contributed by atoms with Crippen LogP contribution in [0, 0.1) is 10.1 Å². The number of thioether (sulfide) groups is 1. The SMILES string of the molecule is CSC1=N/C(=C\c2cccc([N+](=O)[O-])c2)C(=O)N1. The molecule has 0 unspecified atom stereocenters. The van der Waals surface area contributed by atoms with Crippen molar-refractivity contribution in [3.05, 3.63) is 45.6 Å². The van der Waals surface area contributed by atoms with Crippen LogP contribution in [0.2, 0.25) is 0 Å². The van der Waals surface area contributed by atoms with Crippen molar-refractivity contribution in [3.63, 3.8) is 0 Å². The number of benzene rings is 1. The quantitative estimate of drug-likeness (QED) is 0.500. The molecule has 1 aliphatic rings. The van der Waals surface area contributed by atoms with Gasteiger partial charge in [-0.3, -0.25) is 20.2 Å². The Hall–Kier alpha value is -2.15. The van der Waals surface area contributed by atoms with Crippen molar-refractivity contribution in [3.8, 4) is 0 Å². The van der Waals surface area contributed by atoms with Crippen LogP contribution in [0.4, 0.5) is 5.69 Å². The van der Waals surface area contributed by atoms with Gasteiger partial charge in [-0.05, 0) is 17.9 Å². The summed E-state index contributed by atoms with van der Waals surface area (Å²) in [5, 5.41) is 13.7. The summed E-state index contributed by atoms with van der Waals surface area (Å²) in [7, 11) is 0. The molecular formula is C11H9N3O3S. The van der Waals surface area contributed by atoms with Crippen molar-refractivity contribution in [2.45, 2.75) is 0 Å². The Morgan fingerprint density at radius 2 is 2.28 bits per heavy atom. The smallest absolute Gasteiger partial charge is 0.275 e. The number of nitro benzene ring substituents is 1. The van der Waals surface area contributed by atoms with E-state index in [0.29, 0.717) is 10.7 Å². The van der Waals surface area contributed by atoms with Gasteiger partial charge in [0.2, 0.25) is 0 Å². The maximum absolute atomic E-state index is 11.5. The van der Waals surface area contributed by atoms with Gasteiger partial charge in [0, 0.05) is 12.1 Å². The summed E-state index contributed by atoms with van der Waals surface area (Å²) in [6.07, 6.45) is 3.32. The molecule has 1 heterocycles. The maximum atomic E-state index is 11.5. The molecule has 1 amide bonds. The third-order valence-corrected chi connectivity index (χ3v) is 2.83. The number of rotatable bonds is 2. The first kappa shape index (κ1) is 12.3. The number of amides is 1. The first-order valence-corrected chi connectivity index (χ1v) is 6.23. The monoisotopic (exact) mass is 263 g/mol. The fourth-order valence-electron chi connectivity index (χ4n) is 1.43. The van der Waals surface area contributed by atoms with E-state index in [9.17, 15) is 14.9 Å². The molecule has 0 aliphatic carbocycles. The Bertz CT molecular complexity index is 581. The third-order valence-electron chi connectivity index (χ3n) is 2.25.